The molecular formula is C12H10BrClN2O. The largest absolute Gasteiger partial charge is 0.438 e. The van der Waals surface area contributed by atoms with Gasteiger partial charge in [0.15, 0.2) is 0 Å². The molecule has 88 valence electrons. The zero-order chi connectivity index (χ0) is 12.3. The van der Waals surface area contributed by atoms with Crippen LogP contribution in [0, 0.1) is 0 Å². The van der Waals surface area contributed by atoms with Crippen LogP contribution in [0.3, 0.4) is 0 Å². The van der Waals surface area contributed by atoms with Gasteiger partial charge >= 0.3 is 0 Å². The predicted octanol–water partition coefficient (Wildman–Crippen LogP) is 4.25. The average molecular weight is 314 g/mol. The summed E-state index contributed by atoms with van der Waals surface area (Å²) in [4.78, 5) is 8.33. The summed E-state index contributed by atoms with van der Waals surface area (Å²) in [6.45, 7) is 1.97. The third kappa shape index (κ3) is 3.17. The Morgan fingerprint density at radius 3 is 2.76 bits per heavy atom. The van der Waals surface area contributed by atoms with Gasteiger partial charge in [-0.2, -0.15) is 4.98 Å². The van der Waals surface area contributed by atoms with E-state index in [1.54, 1.807) is 6.07 Å². The molecule has 1 aromatic carbocycles. The Hall–Kier alpha value is -1.13. The van der Waals surface area contributed by atoms with Gasteiger partial charge < -0.3 is 4.74 Å². The van der Waals surface area contributed by atoms with Crippen molar-refractivity contribution in [3.63, 3.8) is 0 Å². The Bertz CT molecular complexity index is 534. The van der Waals surface area contributed by atoms with Crippen molar-refractivity contribution >= 4 is 27.5 Å². The van der Waals surface area contributed by atoms with E-state index in [9.17, 15) is 0 Å². The number of rotatable bonds is 3. The smallest absolute Gasteiger partial charge is 0.224 e. The Labute approximate surface area is 113 Å². The van der Waals surface area contributed by atoms with Crippen molar-refractivity contribution in [3.05, 3.63) is 45.8 Å². The number of hydrogen-bond donors (Lipinski definition) is 0. The first-order chi connectivity index (χ1) is 8.19. The first-order valence-corrected chi connectivity index (χ1v) is 6.32. The fourth-order valence-corrected chi connectivity index (χ4v) is 1.85. The summed E-state index contributed by atoms with van der Waals surface area (Å²) < 4.78 is 6.52. The fourth-order valence-electron chi connectivity index (χ4n) is 1.29. The van der Waals surface area contributed by atoms with E-state index in [0.717, 1.165) is 4.47 Å². The molecule has 0 unspecified atom stereocenters. The number of ether oxygens (including phenoxy) is 1. The van der Waals surface area contributed by atoms with Crippen molar-refractivity contribution in [2.24, 2.45) is 0 Å². The molecule has 0 fully saturated rings. The van der Waals surface area contributed by atoms with E-state index in [0.29, 0.717) is 29.0 Å². The first kappa shape index (κ1) is 12.3. The van der Waals surface area contributed by atoms with E-state index in [1.165, 1.54) is 0 Å². The molecule has 0 amide bonds. The van der Waals surface area contributed by atoms with E-state index < -0.39 is 0 Å². The minimum atomic E-state index is 0.388. The van der Waals surface area contributed by atoms with Gasteiger partial charge in [-0.3, -0.25) is 0 Å². The van der Waals surface area contributed by atoms with Crippen LogP contribution in [0.15, 0.2) is 34.8 Å². The highest BCUT2D eigenvalue weighted by Crippen LogP contribution is 2.28. The van der Waals surface area contributed by atoms with Crippen molar-refractivity contribution in [3.8, 4) is 11.6 Å². The monoisotopic (exact) mass is 312 g/mol. The zero-order valence-corrected chi connectivity index (χ0v) is 11.5. The van der Waals surface area contributed by atoms with Crippen LogP contribution in [0.1, 0.15) is 12.7 Å². The third-order valence-electron chi connectivity index (χ3n) is 2.09. The van der Waals surface area contributed by atoms with Crippen LogP contribution in [0.4, 0.5) is 0 Å². The molecule has 1 aromatic heterocycles. The van der Waals surface area contributed by atoms with Crippen molar-refractivity contribution < 1.29 is 4.74 Å². The van der Waals surface area contributed by atoms with Crippen LogP contribution in [0.2, 0.25) is 5.15 Å². The topological polar surface area (TPSA) is 35.0 Å². The van der Waals surface area contributed by atoms with Crippen LogP contribution in [-0.2, 0) is 6.42 Å². The van der Waals surface area contributed by atoms with E-state index >= 15 is 0 Å². The highest BCUT2D eigenvalue weighted by Gasteiger charge is 2.06. The molecule has 0 radical (unpaired) electrons. The molecule has 0 atom stereocenters. The van der Waals surface area contributed by atoms with Gasteiger partial charge in [-0.1, -0.05) is 30.7 Å². The van der Waals surface area contributed by atoms with Crippen LogP contribution in [-0.4, -0.2) is 9.97 Å². The SMILES string of the molecule is CCc1nc(Cl)cc(Oc2ccccc2Br)n1. The standard InChI is InChI=1S/C12H10BrClN2O/c1-2-11-15-10(14)7-12(16-11)17-9-6-4-3-5-8(9)13/h3-7H,2H2,1H3. The van der Waals surface area contributed by atoms with Gasteiger partial charge in [-0.25, -0.2) is 4.98 Å². The lowest BCUT2D eigenvalue weighted by Gasteiger charge is -2.07. The maximum absolute atomic E-state index is 5.89. The second-order valence-electron chi connectivity index (χ2n) is 3.33. The van der Waals surface area contributed by atoms with Gasteiger partial charge in [0.2, 0.25) is 5.88 Å². The maximum atomic E-state index is 5.89. The Morgan fingerprint density at radius 2 is 2.06 bits per heavy atom. The molecule has 0 aliphatic heterocycles. The van der Waals surface area contributed by atoms with Crippen molar-refractivity contribution in [2.75, 3.05) is 0 Å². The highest BCUT2D eigenvalue weighted by molar-refractivity contribution is 9.10. The van der Waals surface area contributed by atoms with E-state index in [4.69, 9.17) is 16.3 Å². The van der Waals surface area contributed by atoms with Gasteiger partial charge in [-0.05, 0) is 28.1 Å². The molecule has 0 saturated heterocycles. The van der Waals surface area contributed by atoms with Gasteiger partial charge in [0.25, 0.3) is 0 Å². The molecule has 0 N–H and O–H groups in total. The van der Waals surface area contributed by atoms with Crippen LogP contribution < -0.4 is 4.74 Å². The minimum Gasteiger partial charge on any atom is -0.438 e. The molecule has 1 heterocycles. The molecule has 3 nitrogen and oxygen atoms in total. The highest BCUT2D eigenvalue weighted by atomic mass is 79.9. The summed E-state index contributed by atoms with van der Waals surface area (Å²) in [7, 11) is 0. The molecule has 0 spiro atoms. The number of aromatic nitrogens is 2. The minimum absolute atomic E-state index is 0.388. The number of halogens is 2. The van der Waals surface area contributed by atoms with E-state index in [1.807, 2.05) is 31.2 Å². The number of para-hydroxylation sites is 1. The number of hydrogen-bond acceptors (Lipinski definition) is 3. The lowest BCUT2D eigenvalue weighted by Crippen LogP contribution is -1.96. The number of benzene rings is 1. The summed E-state index contributed by atoms with van der Waals surface area (Å²) in [5.74, 6) is 1.82. The number of aryl methyl sites for hydroxylation is 1. The Morgan fingerprint density at radius 1 is 1.29 bits per heavy atom. The normalized spacial score (nSPS) is 10.3. The second-order valence-corrected chi connectivity index (χ2v) is 4.57. The molecule has 17 heavy (non-hydrogen) atoms. The van der Waals surface area contributed by atoms with Gasteiger partial charge in [0, 0.05) is 12.5 Å². The fraction of sp³-hybridized carbons (Fsp3) is 0.167. The third-order valence-corrected chi connectivity index (χ3v) is 2.93. The van der Waals surface area contributed by atoms with E-state index in [2.05, 4.69) is 25.9 Å². The lowest BCUT2D eigenvalue weighted by atomic mass is 10.3. The molecule has 2 aromatic rings. The van der Waals surface area contributed by atoms with Crippen LogP contribution in [0.5, 0.6) is 11.6 Å². The van der Waals surface area contributed by atoms with Gasteiger partial charge in [0.1, 0.15) is 16.7 Å². The van der Waals surface area contributed by atoms with Crippen molar-refractivity contribution in [1.29, 1.82) is 0 Å². The quantitative estimate of drug-likeness (QED) is 0.795. The summed E-state index contributed by atoms with van der Waals surface area (Å²) in [6, 6.07) is 9.16. The van der Waals surface area contributed by atoms with Crippen LogP contribution >= 0.6 is 27.5 Å². The molecule has 0 aliphatic rings. The van der Waals surface area contributed by atoms with Gasteiger partial charge in [0.05, 0.1) is 4.47 Å². The molecule has 2 rings (SSSR count). The molecular weight excluding hydrogens is 304 g/mol. The predicted molar refractivity (Wildman–Crippen MR) is 70.6 cm³/mol. The Balaban J connectivity index is 2.30. The summed E-state index contributed by atoms with van der Waals surface area (Å²) in [5, 5.41) is 0.388. The lowest BCUT2D eigenvalue weighted by molar-refractivity contribution is 0.456. The molecule has 5 heteroatoms. The van der Waals surface area contributed by atoms with Crippen molar-refractivity contribution in [1.82, 2.24) is 9.97 Å². The van der Waals surface area contributed by atoms with E-state index in [-0.39, 0.29) is 0 Å². The molecule has 0 saturated carbocycles. The summed E-state index contributed by atoms with van der Waals surface area (Å²) in [6.07, 6.45) is 0.715. The second kappa shape index (κ2) is 5.47. The number of nitrogens with zero attached hydrogens (tertiary/aromatic N) is 2. The van der Waals surface area contributed by atoms with Crippen LogP contribution in [0.25, 0.3) is 0 Å². The van der Waals surface area contributed by atoms with Gasteiger partial charge in [-0.15, -0.1) is 0 Å². The summed E-state index contributed by atoms with van der Waals surface area (Å²) >= 11 is 9.30. The maximum Gasteiger partial charge on any atom is 0.224 e. The average Bonchev–Trinajstić information content (AvgIpc) is 2.31. The molecule has 0 aliphatic carbocycles. The Kier molecular flexibility index (Phi) is 3.97. The van der Waals surface area contributed by atoms with Crippen molar-refractivity contribution in [2.45, 2.75) is 13.3 Å². The first-order valence-electron chi connectivity index (χ1n) is 5.15. The summed E-state index contributed by atoms with van der Waals surface area (Å²) in [5.41, 5.74) is 0. The zero-order valence-electron chi connectivity index (χ0n) is 9.15. The molecule has 0 bridgehead atoms.